The van der Waals surface area contributed by atoms with Crippen molar-refractivity contribution in [3.63, 3.8) is 0 Å². The summed E-state index contributed by atoms with van der Waals surface area (Å²) in [6, 6.07) is 11.9. The average molecular weight is 339 g/mol. The molecule has 1 aromatic heterocycles. The monoisotopic (exact) mass is 339 g/mol. The molecular weight excluding hydrogens is 314 g/mol. The molecule has 2 atom stereocenters. The lowest BCUT2D eigenvalue weighted by Crippen LogP contribution is -2.42. The van der Waals surface area contributed by atoms with Gasteiger partial charge in [-0.3, -0.25) is 14.7 Å². The number of methoxy groups -OCH3 is 1. The quantitative estimate of drug-likeness (QED) is 0.906. The van der Waals surface area contributed by atoms with Gasteiger partial charge in [-0.15, -0.1) is 0 Å². The molecule has 25 heavy (non-hydrogen) atoms. The average Bonchev–Trinajstić information content (AvgIpc) is 2.62. The molecule has 0 spiro atoms. The van der Waals surface area contributed by atoms with Crippen LogP contribution in [0.4, 0.5) is 5.69 Å². The van der Waals surface area contributed by atoms with Crippen molar-refractivity contribution < 1.29 is 9.53 Å². The second-order valence-corrected chi connectivity index (χ2v) is 6.65. The molecular formula is C20H25N3O2. The van der Waals surface area contributed by atoms with Crippen LogP contribution in [0.3, 0.4) is 0 Å². The predicted octanol–water partition coefficient (Wildman–Crippen LogP) is 3.50. The molecule has 132 valence electrons. The van der Waals surface area contributed by atoms with E-state index in [1.807, 2.05) is 18.2 Å². The van der Waals surface area contributed by atoms with Crippen LogP contribution in [0.1, 0.15) is 31.4 Å². The van der Waals surface area contributed by atoms with Gasteiger partial charge in [0, 0.05) is 36.2 Å². The van der Waals surface area contributed by atoms with E-state index >= 15 is 0 Å². The third-order valence-electron chi connectivity index (χ3n) is 4.73. The molecule has 2 unspecified atom stereocenters. The second kappa shape index (κ2) is 8.12. The van der Waals surface area contributed by atoms with Crippen molar-refractivity contribution in [2.75, 3.05) is 25.5 Å². The highest BCUT2D eigenvalue weighted by atomic mass is 16.5. The van der Waals surface area contributed by atoms with Crippen molar-refractivity contribution in [2.24, 2.45) is 5.92 Å². The number of hydrogen-bond acceptors (Lipinski definition) is 4. The number of hydrogen-bond donors (Lipinski definition) is 1. The molecule has 5 nitrogen and oxygen atoms in total. The Hall–Kier alpha value is -2.40. The number of pyridine rings is 1. The number of anilines is 1. The molecule has 1 aliphatic heterocycles. The second-order valence-electron chi connectivity index (χ2n) is 6.65. The molecule has 0 bridgehead atoms. The Morgan fingerprint density at radius 3 is 2.76 bits per heavy atom. The van der Waals surface area contributed by atoms with Gasteiger partial charge in [-0.2, -0.15) is 0 Å². The van der Waals surface area contributed by atoms with Crippen LogP contribution in [0, 0.1) is 5.92 Å². The van der Waals surface area contributed by atoms with E-state index in [2.05, 4.69) is 28.2 Å². The highest BCUT2D eigenvalue weighted by Crippen LogP contribution is 2.37. The number of rotatable bonds is 5. The first-order valence-electron chi connectivity index (χ1n) is 8.74. The maximum absolute atomic E-state index is 12.5. The fourth-order valence-electron chi connectivity index (χ4n) is 3.53. The number of nitrogens with one attached hydrogen (secondary N) is 1. The van der Waals surface area contributed by atoms with Gasteiger partial charge in [-0.05, 0) is 37.0 Å². The minimum absolute atomic E-state index is 0.000183. The molecule has 3 rings (SSSR count). The summed E-state index contributed by atoms with van der Waals surface area (Å²) in [5, 5.41) is 2.95. The van der Waals surface area contributed by atoms with E-state index in [0.29, 0.717) is 12.5 Å². The number of piperidine rings is 1. The van der Waals surface area contributed by atoms with Gasteiger partial charge in [0.05, 0.1) is 13.7 Å². The zero-order valence-corrected chi connectivity index (χ0v) is 14.8. The number of aromatic nitrogens is 1. The van der Waals surface area contributed by atoms with Crippen LogP contribution < -0.4 is 10.1 Å². The lowest BCUT2D eigenvalue weighted by molar-refractivity contribution is -0.118. The van der Waals surface area contributed by atoms with Gasteiger partial charge in [0.15, 0.2) is 0 Å². The summed E-state index contributed by atoms with van der Waals surface area (Å²) in [4.78, 5) is 18.8. The lowest BCUT2D eigenvalue weighted by atomic mass is 9.89. The molecule has 0 saturated carbocycles. The zero-order valence-electron chi connectivity index (χ0n) is 14.8. The summed E-state index contributed by atoms with van der Waals surface area (Å²) in [5.74, 6) is 1.47. The van der Waals surface area contributed by atoms with Gasteiger partial charge < -0.3 is 10.1 Å². The van der Waals surface area contributed by atoms with Crippen molar-refractivity contribution in [1.29, 1.82) is 0 Å². The van der Waals surface area contributed by atoms with Crippen LogP contribution in [-0.4, -0.2) is 36.0 Å². The summed E-state index contributed by atoms with van der Waals surface area (Å²) >= 11 is 0. The minimum atomic E-state index is 0.000183. The summed E-state index contributed by atoms with van der Waals surface area (Å²) in [5.41, 5.74) is 1.94. The number of likely N-dealkylation sites (tertiary alicyclic amines) is 1. The van der Waals surface area contributed by atoms with E-state index in [0.717, 1.165) is 36.4 Å². The maximum atomic E-state index is 12.5. The first-order chi connectivity index (χ1) is 12.2. The molecule has 1 N–H and O–H groups in total. The third kappa shape index (κ3) is 4.37. The SMILES string of the molecule is COc1ccccc1C1CCC(C)CN1CC(=O)Nc1ccncc1. The van der Waals surface area contributed by atoms with E-state index in [4.69, 9.17) is 4.74 Å². The molecule has 1 saturated heterocycles. The van der Waals surface area contributed by atoms with Crippen LogP contribution in [0.25, 0.3) is 0 Å². The van der Waals surface area contributed by atoms with E-state index < -0.39 is 0 Å². The van der Waals surface area contributed by atoms with E-state index in [1.54, 1.807) is 31.6 Å². The molecule has 0 radical (unpaired) electrons. The van der Waals surface area contributed by atoms with Crippen LogP contribution in [0.15, 0.2) is 48.8 Å². The normalized spacial score (nSPS) is 20.9. The predicted molar refractivity (Wildman–Crippen MR) is 98.6 cm³/mol. The Kier molecular flexibility index (Phi) is 5.66. The maximum Gasteiger partial charge on any atom is 0.238 e. The summed E-state index contributed by atoms with van der Waals surface area (Å²) < 4.78 is 5.54. The van der Waals surface area contributed by atoms with Gasteiger partial charge in [0.1, 0.15) is 5.75 Å². The van der Waals surface area contributed by atoms with Crippen LogP contribution >= 0.6 is 0 Å². The number of para-hydroxylation sites is 1. The largest absolute Gasteiger partial charge is 0.496 e. The Labute approximate surface area is 149 Å². The third-order valence-corrected chi connectivity index (χ3v) is 4.73. The van der Waals surface area contributed by atoms with Crippen LogP contribution in [0.5, 0.6) is 5.75 Å². The highest BCUT2D eigenvalue weighted by Gasteiger charge is 2.30. The van der Waals surface area contributed by atoms with Crippen molar-refractivity contribution >= 4 is 11.6 Å². The van der Waals surface area contributed by atoms with E-state index in [1.165, 1.54) is 0 Å². The Bertz CT molecular complexity index is 705. The van der Waals surface area contributed by atoms with Crippen molar-refractivity contribution in [3.05, 3.63) is 54.4 Å². The van der Waals surface area contributed by atoms with Gasteiger partial charge in [0.25, 0.3) is 0 Å². The number of benzene rings is 1. The van der Waals surface area contributed by atoms with Gasteiger partial charge in [-0.25, -0.2) is 0 Å². The van der Waals surface area contributed by atoms with Crippen molar-refractivity contribution in [2.45, 2.75) is 25.8 Å². The van der Waals surface area contributed by atoms with Crippen LogP contribution in [0.2, 0.25) is 0 Å². The molecule has 1 fully saturated rings. The fourth-order valence-corrected chi connectivity index (χ4v) is 3.53. The molecule has 5 heteroatoms. The summed E-state index contributed by atoms with van der Waals surface area (Å²) in [6.45, 7) is 3.52. The number of carbonyl (C=O) groups excluding carboxylic acids is 1. The van der Waals surface area contributed by atoms with Crippen molar-refractivity contribution in [1.82, 2.24) is 9.88 Å². The molecule has 1 aliphatic rings. The molecule has 2 heterocycles. The molecule has 0 aliphatic carbocycles. The number of amides is 1. The minimum Gasteiger partial charge on any atom is -0.496 e. The zero-order chi connectivity index (χ0) is 17.6. The Morgan fingerprint density at radius 2 is 2.00 bits per heavy atom. The van der Waals surface area contributed by atoms with Gasteiger partial charge in [0.2, 0.25) is 5.91 Å². The lowest BCUT2D eigenvalue weighted by Gasteiger charge is -2.39. The Balaban J connectivity index is 1.75. The number of nitrogens with zero attached hydrogens (tertiary/aromatic N) is 2. The Morgan fingerprint density at radius 1 is 1.24 bits per heavy atom. The van der Waals surface area contributed by atoms with Gasteiger partial charge >= 0.3 is 0 Å². The fraction of sp³-hybridized carbons (Fsp3) is 0.400. The first kappa shape index (κ1) is 17.4. The van der Waals surface area contributed by atoms with E-state index in [-0.39, 0.29) is 11.9 Å². The molecule has 1 amide bonds. The van der Waals surface area contributed by atoms with Crippen LogP contribution in [-0.2, 0) is 4.79 Å². The number of ether oxygens (including phenoxy) is 1. The molecule has 2 aromatic rings. The van der Waals surface area contributed by atoms with Gasteiger partial charge in [-0.1, -0.05) is 25.1 Å². The molecule has 1 aromatic carbocycles. The van der Waals surface area contributed by atoms with E-state index in [9.17, 15) is 4.79 Å². The number of carbonyl (C=O) groups is 1. The highest BCUT2D eigenvalue weighted by molar-refractivity contribution is 5.92. The first-order valence-corrected chi connectivity index (χ1v) is 8.74. The standard InChI is InChI=1S/C20H25N3O2/c1-15-7-8-18(17-5-3-4-6-19(17)25-2)23(13-15)14-20(24)22-16-9-11-21-12-10-16/h3-6,9-12,15,18H,7-8,13-14H2,1-2H3,(H,21,22,24). The topological polar surface area (TPSA) is 54.5 Å². The van der Waals surface area contributed by atoms with Crippen molar-refractivity contribution in [3.8, 4) is 5.75 Å². The summed E-state index contributed by atoms with van der Waals surface area (Å²) in [6.07, 6.45) is 5.54. The smallest absolute Gasteiger partial charge is 0.238 e. The summed E-state index contributed by atoms with van der Waals surface area (Å²) in [7, 11) is 1.70.